The van der Waals surface area contributed by atoms with Crippen LogP contribution >= 0.6 is 27.5 Å². The van der Waals surface area contributed by atoms with Gasteiger partial charge in [0.2, 0.25) is 0 Å². The van der Waals surface area contributed by atoms with Crippen LogP contribution in [0.15, 0.2) is 118 Å². The summed E-state index contributed by atoms with van der Waals surface area (Å²) in [6.45, 7) is 0. The van der Waals surface area contributed by atoms with Crippen LogP contribution in [0.2, 0.25) is 5.02 Å². The molecule has 0 bridgehead atoms. The molecule has 0 saturated carbocycles. The van der Waals surface area contributed by atoms with Gasteiger partial charge in [-0.15, -0.1) is 0 Å². The molecule has 0 unspecified atom stereocenters. The average Bonchev–Trinajstić information content (AvgIpc) is 2.94. The van der Waals surface area contributed by atoms with Gasteiger partial charge in [-0.2, -0.15) is 5.10 Å². The average molecular weight is 639 g/mol. The minimum atomic E-state index is -3.82. The first-order valence-corrected chi connectivity index (χ1v) is 14.3. The number of nitrogens with one attached hydrogen (secondary N) is 2. The summed E-state index contributed by atoms with van der Waals surface area (Å²) in [5.41, 5.74) is 4.23. The quantitative estimate of drug-likeness (QED) is 0.0736. The number of esters is 1. The zero-order chi connectivity index (χ0) is 28.5. The van der Waals surface area contributed by atoms with Crippen molar-refractivity contribution in [1.29, 1.82) is 0 Å². The van der Waals surface area contributed by atoms with Crippen molar-refractivity contribution < 1.29 is 22.7 Å². The zero-order valence-electron chi connectivity index (χ0n) is 20.6. The summed E-state index contributed by atoms with van der Waals surface area (Å²) in [5.74, 6) is -0.847. The van der Waals surface area contributed by atoms with E-state index < -0.39 is 21.9 Å². The third-order valence-corrected chi connectivity index (χ3v) is 7.43. The SMILES string of the molecule is O=C(/C=C/c1ccccc1)Oc1ccc(Br)cc1/C=N\NC(=O)c1ccc(NS(=O)(=O)c2ccc(Cl)cc2)cc1. The number of sulfonamides is 1. The Bertz CT molecular complexity index is 1680. The smallest absolute Gasteiger partial charge is 0.336 e. The summed E-state index contributed by atoms with van der Waals surface area (Å²) < 4.78 is 33.7. The first-order chi connectivity index (χ1) is 19.2. The molecule has 0 aliphatic heterocycles. The predicted octanol–water partition coefficient (Wildman–Crippen LogP) is 6.29. The monoisotopic (exact) mass is 637 g/mol. The Hall–Kier alpha value is -4.25. The number of carbonyl (C=O) groups excluding carboxylic acids is 2. The molecule has 0 aliphatic carbocycles. The van der Waals surface area contributed by atoms with Gasteiger partial charge in [-0.25, -0.2) is 18.6 Å². The standard InChI is InChI=1S/C29H21BrClN3O5S/c30-23-9-16-27(39-28(35)17-6-20-4-2-1-3-5-20)22(18-23)19-32-33-29(36)21-7-12-25(13-8-21)34-40(37,38)26-14-10-24(31)11-15-26/h1-19,34H,(H,33,36)/b17-6+,32-19-. The molecule has 0 heterocycles. The maximum atomic E-state index is 12.6. The van der Waals surface area contributed by atoms with Crippen LogP contribution in [-0.4, -0.2) is 26.5 Å². The lowest BCUT2D eigenvalue weighted by Gasteiger charge is -2.09. The fraction of sp³-hybridized carbons (Fsp3) is 0. The summed E-state index contributed by atoms with van der Waals surface area (Å²) in [6.07, 6.45) is 4.31. The molecule has 40 heavy (non-hydrogen) atoms. The van der Waals surface area contributed by atoms with E-state index in [1.54, 1.807) is 24.3 Å². The zero-order valence-corrected chi connectivity index (χ0v) is 23.8. The van der Waals surface area contributed by atoms with E-state index in [9.17, 15) is 18.0 Å². The highest BCUT2D eigenvalue weighted by atomic mass is 79.9. The number of hydrogen-bond acceptors (Lipinski definition) is 6. The highest BCUT2D eigenvalue weighted by Crippen LogP contribution is 2.22. The molecule has 0 aromatic heterocycles. The lowest BCUT2D eigenvalue weighted by Crippen LogP contribution is -2.18. The molecule has 0 spiro atoms. The van der Waals surface area contributed by atoms with Crippen LogP contribution in [0.5, 0.6) is 5.75 Å². The summed E-state index contributed by atoms with van der Waals surface area (Å²) in [4.78, 5) is 24.9. The maximum absolute atomic E-state index is 12.6. The Morgan fingerprint density at radius 1 is 0.900 bits per heavy atom. The van der Waals surface area contributed by atoms with Crippen molar-refractivity contribution in [2.75, 3.05) is 4.72 Å². The van der Waals surface area contributed by atoms with Gasteiger partial charge in [0, 0.05) is 32.4 Å². The maximum Gasteiger partial charge on any atom is 0.336 e. The van der Waals surface area contributed by atoms with Gasteiger partial charge in [0.15, 0.2) is 0 Å². The van der Waals surface area contributed by atoms with E-state index in [0.717, 1.165) is 10.0 Å². The van der Waals surface area contributed by atoms with Crippen molar-refractivity contribution in [2.45, 2.75) is 4.90 Å². The number of amides is 1. The van der Waals surface area contributed by atoms with Gasteiger partial charge in [-0.1, -0.05) is 57.9 Å². The third-order valence-electron chi connectivity index (χ3n) is 5.29. The molecule has 0 saturated heterocycles. The van der Waals surface area contributed by atoms with E-state index in [2.05, 4.69) is 31.2 Å². The number of hydrogen-bond donors (Lipinski definition) is 2. The molecular formula is C29H21BrClN3O5S. The van der Waals surface area contributed by atoms with Crippen molar-refractivity contribution >= 4 is 67.4 Å². The van der Waals surface area contributed by atoms with E-state index >= 15 is 0 Å². The van der Waals surface area contributed by atoms with Crippen molar-refractivity contribution in [3.63, 3.8) is 0 Å². The number of hydrazone groups is 1. The molecule has 2 N–H and O–H groups in total. The highest BCUT2D eigenvalue weighted by Gasteiger charge is 2.14. The van der Waals surface area contributed by atoms with Crippen LogP contribution in [0.1, 0.15) is 21.5 Å². The topological polar surface area (TPSA) is 114 Å². The molecule has 0 aliphatic rings. The highest BCUT2D eigenvalue weighted by molar-refractivity contribution is 9.10. The van der Waals surface area contributed by atoms with Crippen LogP contribution in [0, 0.1) is 0 Å². The summed E-state index contributed by atoms with van der Waals surface area (Å²) in [5, 5.41) is 4.39. The lowest BCUT2D eigenvalue weighted by atomic mass is 10.2. The molecule has 202 valence electrons. The summed E-state index contributed by atoms with van der Waals surface area (Å²) in [6, 6.07) is 25.9. The molecule has 8 nitrogen and oxygen atoms in total. The van der Waals surface area contributed by atoms with Gasteiger partial charge in [0.25, 0.3) is 15.9 Å². The Kier molecular flexibility index (Phi) is 9.49. The lowest BCUT2D eigenvalue weighted by molar-refractivity contribution is -0.128. The van der Waals surface area contributed by atoms with Crippen molar-refractivity contribution in [3.05, 3.63) is 129 Å². The number of nitrogens with zero attached hydrogens (tertiary/aromatic N) is 1. The van der Waals surface area contributed by atoms with E-state index in [4.69, 9.17) is 16.3 Å². The molecule has 4 aromatic carbocycles. The van der Waals surface area contributed by atoms with Crippen LogP contribution in [0.4, 0.5) is 5.69 Å². The van der Waals surface area contributed by atoms with Gasteiger partial charge in [-0.05, 0) is 78.4 Å². The molecule has 0 radical (unpaired) electrons. The number of carbonyl (C=O) groups is 2. The number of benzene rings is 4. The summed E-state index contributed by atoms with van der Waals surface area (Å²) >= 11 is 9.19. The third kappa shape index (κ3) is 8.12. The Balaban J connectivity index is 1.38. The molecule has 11 heteroatoms. The van der Waals surface area contributed by atoms with Crippen LogP contribution in [-0.2, 0) is 14.8 Å². The van der Waals surface area contributed by atoms with E-state index in [-0.39, 0.29) is 21.9 Å². The second kappa shape index (κ2) is 13.2. The Morgan fingerprint density at radius 3 is 2.30 bits per heavy atom. The second-order valence-electron chi connectivity index (χ2n) is 8.18. The van der Waals surface area contributed by atoms with E-state index in [0.29, 0.717) is 10.6 Å². The fourth-order valence-corrected chi connectivity index (χ4v) is 4.89. The minimum Gasteiger partial charge on any atom is -0.423 e. The summed E-state index contributed by atoms with van der Waals surface area (Å²) in [7, 11) is -3.82. The second-order valence-corrected chi connectivity index (χ2v) is 11.2. The van der Waals surface area contributed by atoms with Crippen LogP contribution < -0.4 is 14.9 Å². The molecule has 0 fully saturated rings. The minimum absolute atomic E-state index is 0.0536. The normalized spacial score (nSPS) is 11.4. The van der Waals surface area contributed by atoms with Gasteiger partial charge < -0.3 is 4.74 Å². The van der Waals surface area contributed by atoms with E-state index in [1.165, 1.54) is 60.8 Å². The van der Waals surface area contributed by atoms with E-state index in [1.807, 2.05) is 30.3 Å². The van der Waals surface area contributed by atoms with Crippen molar-refractivity contribution in [1.82, 2.24) is 5.43 Å². The van der Waals surface area contributed by atoms with Gasteiger partial charge in [-0.3, -0.25) is 9.52 Å². The molecule has 4 rings (SSSR count). The largest absolute Gasteiger partial charge is 0.423 e. The Morgan fingerprint density at radius 2 is 1.60 bits per heavy atom. The molecule has 1 amide bonds. The fourth-order valence-electron chi connectivity index (χ4n) is 3.33. The number of halogens is 2. The molecular weight excluding hydrogens is 618 g/mol. The number of anilines is 1. The molecule has 4 aromatic rings. The molecule has 0 atom stereocenters. The van der Waals surface area contributed by atoms with Gasteiger partial charge >= 0.3 is 5.97 Å². The number of ether oxygens (including phenoxy) is 1. The van der Waals surface area contributed by atoms with Gasteiger partial charge in [0.05, 0.1) is 11.1 Å². The van der Waals surface area contributed by atoms with Crippen molar-refractivity contribution in [3.8, 4) is 5.75 Å². The van der Waals surface area contributed by atoms with Gasteiger partial charge in [0.1, 0.15) is 5.75 Å². The van der Waals surface area contributed by atoms with Crippen LogP contribution in [0.25, 0.3) is 6.08 Å². The first-order valence-electron chi connectivity index (χ1n) is 11.7. The number of rotatable bonds is 9. The van der Waals surface area contributed by atoms with Crippen LogP contribution in [0.3, 0.4) is 0 Å². The first kappa shape index (κ1) is 28.8. The van der Waals surface area contributed by atoms with Crippen molar-refractivity contribution in [2.24, 2.45) is 5.10 Å². The predicted molar refractivity (Wildman–Crippen MR) is 159 cm³/mol. The Labute approximate surface area is 244 Å².